The van der Waals surface area contributed by atoms with Crippen LogP contribution in [0.3, 0.4) is 0 Å². The maximum atomic E-state index is 12.8. The van der Waals surface area contributed by atoms with Crippen molar-refractivity contribution in [2.75, 3.05) is 17.2 Å². The first kappa shape index (κ1) is 17.3. The van der Waals surface area contributed by atoms with Crippen LogP contribution in [0.2, 0.25) is 0 Å². The molecular formula is C16H14F3N3O2. The highest BCUT2D eigenvalue weighted by molar-refractivity contribution is 5.97. The second kappa shape index (κ2) is 7.49. The quantitative estimate of drug-likeness (QED) is 0.799. The lowest BCUT2D eigenvalue weighted by Crippen LogP contribution is -2.36. The van der Waals surface area contributed by atoms with Gasteiger partial charge in [-0.05, 0) is 24.3 Å². The van der Waals surface area contributed by atoms with Crippen LogP contribution >= 0.6 is 0 Å². The number of hydrogen-bond acceptors (Lipinski definition) is 2. The Labute approximate surface area is 135 Å². The number of urea groups is 1. The number of carbonyl (C=O) groups excluding carboxylic acids is 2. The largest absolute Gasteiger partial charge is 0.418 e. The molecule has 3 N–H and O–H groups in total. The molecule has 3 amide bonds. The van der Waals surface area contributed by atoms with Crippen molar-refractivity contribution < 1.29 is 22.8 Å². The fourth-order valence-electron chi connectivity index (χ4n) is 1.89. The minimum absolute atomic E-state index is 0.361. The number of benzene rings is 2. The first-order chi connectivity index (χ1) is 11.4. The van der Waals surface area contributed by atoms with Gasteiger partial charge < -0.3 is 16.0 Å². The van der Waals surface area contributed by atoms with E-state index < -0.39 is 30.2 Å². The van der Waals surface area contributed by atoms with E-state index in [0.717, 1.165) is 12.1 Å². The zero-order chi connectivity index (χ0) is 17.6. The van der Waals surface area contributed by atoms with Crippen LogP contribution in [0.25, 0.3) is 0 Å². The van der Waals surface area contributed by atoms with Gasteiger partial charge in [-0.2, -0.15) is 13.2 Å². The van der Waals surface area contributed by atoms with Crippen molar-refractivity contribution in [3.63, 3.8) is 0 Å². The highest BCUT2D eigenvalue weighted by Gasteiger charge is 2.33. The van der Waals surface area contributed by atoms with Crippen LogP contribution < -0.4 is 16.0 Å². The summed E-state index contributed by atoms with van der Waals surface area (Å²) in [5.41, 5.74) is -0.787. The Balaban J connectivity index is 1.89. The van der Waals surface area contributed by atoms with E-state index >= 15 is 0 Å². The van der Waals surface area contributed by atoms with Crippen molar-refractivity contribution in [1.29, 1.82) is 0 Å². The van der Waals surface area contributed by atoms with Gasteiger partial charge in [-0.15, -0.1) is 0 Å². The van der Waals surface area contributed by atoms with Gasteiger partial charge in [0.1, 0.15) is 0 Å². The zero-order valence-corrected chi connectivity index (χ0v) is 12.4. The van der Waals surface area contributed by atoms with E-state index in [-0.39, 0.29) is 5.69 Å². The van der Waals surface area contributed by atoms with Gasteiger partial charge >= 0.3 is 12.2 Å². The molecule has 0 unspecified atom stereocenters. The van der Waals surface area contributed by atoms with Crippen molar-refractivity contribution in [3.05, 3.63) is 60.2 Å². The van der Waals surface area contributed by atoms with E-state index in [2.05, 4.69) is 16.0 Å². The van der Waals surface area contributed by atoms with E-state index in [1.54, 1.807) is 30.3 Å². The molecule has 0 saturated heterocycles. The molecule has 0 aliphatic carbocycles. The molecule has 5 nitrogen and oxygen atoms in total. The molecule has 0 fully saturated rings. The maximum Gasteiger partial charge on any atom is 0.418 e. The summed E-state index contributed by atoms with van der Waals surface area (Å²) in [6.07, 6.45) is -4.58. The van der Waals surface area contributed by atoms with E-state index in [4.69, 9.17) is 0 Å². The van der Waals surface area contributed by atoms with Crippen molar-refractivity contribution in [3.8, 4) is 0 Å². The second-order valence-corrected chi connectivity index (χ2v) is 4.77. The number of rotatable bonds is 4. The van der Waals surface area contributed by atoms with E-state index in [9.17, 15) is 22.8 Å². The van der Waals surface area contributed by atoms with Gasteiger partial charge in [0.2, 0.25) is 5.91 Å². The minimum atomic E-state index is -4.58. The molecule has 2 aromatic carbocycles. The molecule has 0 heterocycles. The smallest absolute Gasteiger partial charge is 0.329 e. The molecule has 2 rings (SSSR count). The highest BCUT2D eigenvalue weighted by atomic mass is 19.4. The summed E-state index contributed by atoms with van der Waals surface area (Å²) in [5.74, 6) is -0.769. The van der Waals surface area contributed by atoms with Gasteiger partial charge in [-0.3, -0.25) is 4.79 Å². The number of carbonyl (C=O) groups is 2. The minimum Gasteiger partial charge on any atom is -0.329 e. The van der Waals surface area contributed by atoms with Crippen LogP contribution in [-0.2, 0) is 11.0 Å². The van der Waals surface area contributed by atoms with Crippen molar-refractivity contribution in [2.45, 2.75) is 6.18 Å². The lowest BCUT2D eigenvalue weighted by atomic mass is 10.1. The lowest BCUT2D eigenvalue weighted by Gasteiger charge is -2.13. The van der Waals surface area contributed by atoms with Gasteiger partial charge in [0.15, 0.2) is 0 Å². The van der Waals surface area contributed by atoms with Gasteiger partial charge in [0.05, 0.1) is 17.8 Å². The fraction of sp³-hybridized carbons (Fsp3) is 0.125. The molecule has 0 spiro atoms. The molecule has 0 aromatic heterocycles. The second-order valence-electron chi connectivity index (χ2n) is 4.77. The summed E-state index contributed by atoms with van der Waals surface area (Å²) < 4.78 is 38.5. The number of hydrogen-bond donors (Lipinski definition) is 3. The molecule has 0 saturated carbocycles. The Morgan fingerprint density at radius 2 is 1.50 bits per heavy atom. The van der Waals surface area contributed by atoms with Gasteiger partial charge in [-0.25, -0.2) is 4.79 Å². The molecule has 126 valence electrons. The predicted molar refractivity (Wildman–Crippen MR) is 83.5 cm³/mol. The third-order valence-corrected chi connectivity index (χ3v) is 2.95. The molecule has 0 radical (unpaired) electrons. The molecule has 8 heteroatoms. The standard InChI is InChI=1S/C16H14F3N3O2/c17-16(18,19)12-8-4-5-9-13(12)22-14(23)10-20-15(24)21-11-6-2-1-3-7-11/h1-9H,10H2,(H,22,23)(H2,20,21,24). The lowest BCUT2D eigenvalue weighted by molar-refractivity contribution is -0.137. The first-order valence-corrected chi connectivity index (χ1v) is 6.92. The van der Waals surface area contributed by atoms with Crippen LogP contribution in [0.1, 0.15) is 5.56 Å². The topological polar surface area (TPSA) is 70.2 Å². The number of nitrogens with one attached hydrogen (secondary N) is 3. The van der Waals surface area contributed by atoms with Crippen LogP contribution in [-0.4, -0.2) is 18.5 Å². The number of amides is 3. The molecule has 0 bridgehead atoms. The third-order valence-electron chi connectivity index (χ3n) is 2.95. The number of alkyl halides is 3. The Kier molecular flexibility index (Phi) is 5.41. The highest BCUT2D eigenvalue weighted by Crippen LogP contribution is 2.34. The molecule has 24 heavy (non-hydrogen) atoms. The Bertz CT molecular complexity index is 718. The van der Waals surface area contributed by atoms with Crippen LogP contribution in [0.15, 0.2) is 54.6 Å². The van der Waals surface area contributed by atoms with Crippen molar-refractivity contribution in [1.82, 2.24) is 5.32 Å². The first-order valence-electron chi connectivity index (χ1n) is 6.92. The summed E-state index contributed by atoms with van der Waals surface area (Å²) in [7, 11) is 0. The molecule has 0 aliphatic heterocycles. The summed E-state index contributed by atoms with van der Waals surface area (Å²) in [5, 5.41) is 6.89. The SMILES string of the molecule is O=C(CNC(=O)Nc1ccccc1)Nc1ccccc1C(F)(F)F. The van der Waals surface area contributed by atoms with Crippen molar-refractivity contribution >= 4 is 23.3 Å². The Hall–Kier alpha value is -3.03. The molecule has 2 aromatic rings. The van der Waals surface area contributed by atoms with Crippen LogP contribution in [0.4, 0.5) is 29.3 Å². The molecular weight excluding hydrogens is 323 g/mol. The van der Waals surface area contributed by atoms with Crippen LogP contribution in [0.5, 0.6) is 0 Å². The maximum absolute atomic E-state index is 12.8. The monoisotopic (exact) mass is 337 g/mol. The summed E-state index contributed by atoms with van der Waals surface area (Å²) in [6.45, 7) is -0.467. The number of para-hydroxylation sites is 2. The summed E-state index contributed by atoms with van der Waals surface area (Å²) in [6, 6.07) is 12.5. The normalized spacial score (nSPS) is 10.8. The molecule has 0 aliphatic rings. The van der Waals surface area contributed by atoms with Crippen molar-refractivity contribution in [2.24, 2.45) is 0 Å². The Morgan fingerprint density at radius 1 is 0.875 bits per heavy atom. The van der Waals surface area contributed by atoms with Gasteiger partial charge in [0.25, 0.3) is 0 Å². The summed E-state index contributed by atoms with van der Waals surface area (Å²) in [4.78, 5) is 23.3. The average molecular weight is 337 g/mol. The molecule has 0 atom stereocenters. The average Bonchev–Trinajstić information content (AvgIpc) is 2.53. The number of halogens is 3. The summed E-state index contributed by atoms with van der Waals surface area (Å²) >= 11 is 0. The van der Waals surface area contributed by atoms with Gasteiger partial charge in [-0.1, -0.05) is 30.3 Å². The van der Waals surface area contributed by atoms with E-state index in [1.165, 1.54) is 12.1 Å². The van der Waals surface area contributed by atoms with E-state index in [1.807, 2.05) is 0 Å². The fourth-order valence-corrected chi connectivity index (χ4v) is 1.89. The number of anilines is 2. The van der Waals surface area contributed by atoms with Gasteiger partial charge in [0, 0.05) is 5.69 Å². The predicted octanol–water partition coefficient (Wildman–Crippen LogP) is 3.47. The Morgan fingerprint density at radius 3 is 2.17 bits per heavy atom. The third kappa shape index (κ3) is 5.01. The van der Waals surface area contributed by atoms with E-state index in [0.29, 0.717) is 5.69 Å². The zero-order valence-electron chi connectivity index (χ0n) is 12.4. The van der Waals surface area contributed by atoms with Crippen LogP contribution in [0, 0.1) is 0 Å².